The summed E-state index contributed by atoms with van der Waals surface area (Å²) in [6.07, 6.45) is 3.81. The van der Waals surface area contributed by atoms with Gasteiger partial charge in [-0.3, -0.25) is 9.59 Å². The lowest BCUT2D eigenvalue weighted by molar-refractivity contribution is 0.0927. The van der Waals surface area contributed by atoms with Crippen LogP contribution in [0.5, 0.6) is 0 Å². The van der Waals surface area contributed by atoms with Gasteiger partial charge in [-0.05, 0) is 84.9 Å². The first-order chi connectivity index (χ1) is 17.5. The average Bonchev–Trinajstić information content (AvgIpc) is 3.21. The Bertz CT molecular complexity index is 1490. The summed E-state index contributed by atoms with van der Waals surface area (Å²) in [5.74, 6) is 2.79. The van der Waals surface area contributed by atoms with Crippen LogP contribution in [0.25, 0.3) is 22.4 Å². The Hall–Kier alpha value is -3.93. The fourth-order valence-corrected chi connectivity index (χ4v) is 7.12. The van der Waals surface area contributed by atoms with E-state index in [0.717, 1.165) is 40.5 Å². The third-order valence-corrected chi connectivity index (χ3v) is 9.07. The number of imidazole rings is 1. The predicted octanol–water partition coefficient (Wildman–Crippen LogP) is 5.65. The van der Waals surface area contributed by atoms with Crippen molar-refractivity contribution < 1.29 is 9.59 Å². The number of para-hydroxylation sites is 1. The van der Waals surface area contributed by atoms with Gasteiger partial charge in [0, 0.05) is 28.4 Å². The predicted molar refractivity (Wildman–Crippen MR) is 140 cm³/mol. The fraction of sp³-hybridized carbons (Fsp3) is 0.300. The molecule has 180 valence electrons. The Morgan fingerprint density at radius 1 is 0.972 bits per heavy atom. The number of carbonyl (C=O) groups is 2. The van der Waals surface area contributed by atoms with Gasteiger partial charge in [-0.15, -0.1) is 0 Å². The molecule has 1 spiro atoms. The molecule has 7 rings (SSSR count). The van der Waals surface area contributed by atoms with Crippen molar-refractivity contribution in [2.75, 3.05) is 5.32 Å². The van der Waals surface area contributed by atoms with Crippen LogP contribution in [-0.4, -0.2) is 27.8 Å². The number of nitrogens with one attached hydrogen (secondary N) is 3. The monoisotopic (exact) mass is 476 g/mol. The topological polar surface area (TPSA) is 86.9 Å². The van der Waals surface area contributed by atoms with Crippen LogP contribution >= 0.6 is 0 Å². The number of amides is 2. The maximum absolute atomic E-state index is 13.1. The van der Waals surface area contributed by atoms with E-state index in [1.165, 1.54) is 12.8 Å². The molecule has 3 aromatic carbocycles. The summed E-state index contributed by atoms with van der Waals surface area (Å²) >= 11 is 0. The van der Waals surface area contributed by atoms with Crippen LogP contribution in [0, 0.1) is 23.2 Å². The molecule has 5 atom stereocenters. The van der Waals surface area contributed by atoms with Crippen molar-refractivity contribution in [1.29, 1.82) is 0 Å². The second-order valence-electron chi connectivity index (χ2n) is 10.7. The molecule has 36 heavy (non-hydrogen) atoms. The number of hydrogen-bond acceptors (Lipinski definition) is 3. The Morgan fingerprint density at radius 3 is 2.44 bits per heavy atom. The van der Waals surface area contributed by atoms with Crippen LogP contribution in [0.1, 0.15) is 46.9 Å². The van der Waals surface area contributed by atoms with Crippen LogP contribution in [0.3, 0.4) is 0 Å². The third-order valence-electron chi connectivity index (χ3n) is 9.07. The van der Waals surface area contributed by atoms with Crippen molar-refractivity contribution in [3.63, 3.8) is 0 Å². The molecule has 3 aliphatic rings. The van der Waals surface area contributed by atoms with Crippen molar-refractivity contribution in [3.8, 4) is 11.4 Å². The van der Waals surface area contributed by atoms with E-state index in [9.17, 15) is 9.59 Å². The van der Waals surface area contributed by atoms with Crippen molar-refractivity contribution >= 4 is 28.5 Å². The Balaban J connectivity index is 1.06. The number of aromatic nitrogens is 2. The van der Waals surface area contributed by atoms with Crippen molar-refractivity contribution in [3.05, 3.63) is 83.9 Å². The van der Waals surface area contributed by atoms with Gasteiger partial charge in [-0.25, -0.2) is 4.98 Å². The number of hydrogen-bond donors (Lipinski definition) is 3. The van der Waals surface area contributed by atoms with Gasteiger partial charge < -0.3 is 15.6 Å². The van der Waals surface area contributed by atoms with Crippen molar-refractivity contribution in [1.82, 2.24) is 15.3 Å². The van der Waals surface area contributed by atoms with Crippen LogP contribution in [0.2, 0.25) is 0 Å². The van der Waals surface area contributed by atoms with Crippen LogP contribution in [0.4, 0.5) is 5.69 Å². The molecule has 4 aromatic rings. The summed E-state index contributed by atoms with van der Waals surface area (Å²) in [7, 11) is 0. The second-order valence-corrected chi connectivity index (χ2v) is 10.7. The zero-order valence-electron chi connectivity index (χ0n) is 20.1. The third kappa shape index (κ3) is 3.20. The number of benzene rings is 3. The molecule has 4 unspecified atom stereocenters. The summed E-state index contributed by atoms with van der Waals surface area (Å²) in [5.41, 5.74) is 5.06. The lowest BCUT2D eigenvalue weighted by Crippen LogP contribution is -2.36. The lowest BCUT2D eigenvalue weighted by atomic mass is 9.70. The molecule has 0 bridgehead atoms. The van der Waals surface area contributed by atoms with Gasteiger partial charge in [0.1, 0.15) is 5.82 Å². The molecule has 3 fully saturated rings. The minimum absolute atomic E-state index is 0.00220. The van der Waals surface area contributed by atoms with Crippen molar-refractivity contribution in [2.24, 2.45) is 23.2 Å². The lowest BCUT2D eigenvalue weighted by Gasteiger charge is -2.35. The molecule has 1 aromatic heterocycles. The average molecular weight is 477 g/mol. The molecule has 1 heterocycles. The normalized spacial score (nSPS) is 27.6. The highest BCUT2D eigenvalue weighted by molar-refractivity contribution is 6.04. The molecule has 6 nitrogen and oxygen atoms in total. The largest absolute Gasteiger partial charge is 0.349 e. The SMILES string of the molecule is C[C@H]1C2C(NC(=O)c3ccc4nc(-c5ccc(C(=O)Nc6ccccc6)cc5)[nH]c4c3)CC3CCC321. The summed E-state index contributed by atoms with van der Waals surface area (Å²) in [6.45, 7) is 2.36. The zero-order valence-corrected chi connectivity index (χ0v) is 20.1. The maximum Gasteiger partial charge on any atom is 0.255 e. The highest BCUT2D eigenvalue weighted by Gasteiger charge is 2.75. The maximum atomic E-state index is 13.1. The number of rotatable bonds is 5. The van der Waals surface area contributed by atoms with Gasteiger partial charge in [0.15, 0.2) is 0 Å². The van der Waals surface area contributed by atoms with Gasteiger partial charge in [0.25, 0.3) is 11.8 Å². The van der Waals surface area contributed by atoms with E-state index >= 15 is 0 Å². The van der Waals surface area contributed by atoms with E-state index in [1.54, 1.807) is 12.1 Å². The fourth-order valence-electron chi connectivity index (χ4n) is 7.12. The standard InChI is InChI=1S/C30H28N4O2/c1-17-26-25(16-21-13-14-30(17,21)26)34-29(36)20-11-12-23-24(15-20)33-27(32-23)18-7-9-19(10-8-18)28(35)31-22-5-3-2-4-6-22/h2-12,15,17,21,25-26H,13-14,16H2,1H3,(H,31,35)(H,32,33)(H,34,36)/t17-,21?,25?,26?,30?/m0/s1. The van der Waals surface area contributed by atoms with Crippen molar-refractivity contribution in [2.45, 2.75) is 32.2 Å². The van der Waals surface area contributed by atoms with Gasteiger partial charge in [-0.2, -0.15) is 0 Å². The second kappa shape index (κ2) is 7.79. The first kappa shape index (κ1) is 21.4. The highest BCUT2D eigenvalue weighted by atomic mass is 16.2. The molecule has 0 saturated heterocycles. The van der Waals surface area contributed by atoms with Gasteiger partial charge in [-0.1, -0.05) is 37.3 Å². The van der Waals surface area contributed by atoms with Gasteiger partial charge in [0.05, 0.1) is 11.0 Å². The molecule has 2 amide bonds. The number of H-pyrrole nitrogens is 1. The number of aromatic amines is 1. The van der Waals surface area contributed by atoms with E-state index in [4.69, 9.17) is 4.98 Å². The molecule has 0 radical (unpaired) electrons. The van der Waals surface area contributed by atoms with Gasteiger partial charge in [0.2, 0.25) is 0 Å². The minimum atomic E-state index is -0.158. The molecular weight excluding hydrogens is 448 g/mol. The minimum Gasteiger partial charge on any atom is -0.349 e. The number of anilines is 1. The van der Waals surface area contributed by atoms with Crippen LogP contribution < -0.4 is 10.6 Å². The Morgan fingerprint density at radius 2 is 1.75 bits per heavy atom. The summed E-state index contributed by atoms with van der Waals surface area (Å²) in [6, 6.07) is 22.7. The number of fused-ring (bicyclic) bond motifs is 1. The number of nitrogens with zero attached hydrogens (tertiary/aromatic N) is 1. The van der Waals surface area contributed by atoms with Crippen LogP contribution in [-0.2, 0) is 0 Å². The number of carbonyl (C=O) groups excluding carboxylic acids is 2. The van der Waals surface area contributed by atoms with Crippen LogP contribution in [0.15, 0.2) is 72.8 Å². The summed E-state index contributed by atoms with van der Waals surface area (Å²) < 4.78 is 0. The quantitative estimate of drug-likeness (QED) is 0.348. The summed E-state index contributed by atoms with van der Waals surface area (Å²) in [4.78, 5) is 33.6. The smallest absolute Gasteiger partial charge is 0.255 e. The highest BCUT2D eigenvalue weighted by Crippen LogP contribution is 2.79. The van der Waals surface area contributed by atoms with E-state index in [2.05, 4.69) is 22.5 Å². The van der Waals surface area contributed by atoms with E-state index < -0.39 is 0 Å². The molecule has 3 aliphatic carbocycles. The molecular formula is C30H28N4O2. The Labute approximate surface area is 209 Å². The summed E-state index contributed by atoms with van der Waals surface area (Å²) in [5, 5.41) is 6.24. The first-order valence-corrected chi connectivity index (χ1v) is 12.8. The zero-order chi connectivity index (χ0) is 24.4. The van der Waals surface area contributed by atoms with E-state index in [0.29, 0.717) is 34.3 Å². The van der Waals surface area contributed by atoms with E-state index in [-0.39, 0.29) is 11.8 Å². The molecule has 3 N–H and O–H groups in total. The molecule has 3 saturated carbocycles. The van der Waals surface area contributed by atoms with Gasteiger partial charge >= 0.3 is 0 Å². The van der Waals surface area contributed by atoms with E-state index in [1.807, 2.05) is 60.7 Å². The molecule has 0 aliphatic heterocycles. The Kier molecular flexibility index (Phi) is 4.62. The first-order valence-electron chi connectivity index (χ1n) is 12.8. The molecule has 6 heteroatoms.